The number of phenols is 1. The molecule has 1 saturated carbocycles. The second kappa shape index (κ2) is 8.41. The van der Waals surface area contributed by atoms with Gasteiger partial charge in [0.15, 0.2) is 0 Å². The molecule has 4 rings (SSSR count). The van der Waals surface area contributed by atoms with Gasteiger partial charge in [0.05, 0.1) is 5.56 Å². The lowest BCUT2D eigenvalue weighted by Crippen LogP contribution is -2.46. The Labute approximate surface area is 181 Å². The minimum absolute atomic E-state index is 0.129. The van der Waals surface area contributed by atoms with Gasteiger partial charge in [-0.2, -0.15) is 0 Å². The van der Waals surface area contributed by atoms with Crippen LogP contribution in [-0.4, -0.2) is 48.2 Å². The molecular formula is C25H38N2O3. The second-order valence-corrected chi connectivity index (χ2v) is 10.5. The number of ether oxygens (including phenoxy) is 1. The Bertz CT molecular complexity index is 783. The van der Waals surface area contributed by atoms with E-state index >= 15 is 0 Å². The maximum atomic E-state index is 12.9. The molecule has 1 saturated heterocycles. The van der Waals surface area contributed by atoms with Crippen molar-refractivity contribution in [3.05, 3.63) is 23.3 Å². The Hall–Kier alpha value is -1.75. The van der Waals surface area contributed by atoms with Gasteiger partial charge in [0.2, 0.25) is 0 Å². The van der Waals surface area contributed by atoms with Crippen LogP contribution in [0.2, 0.25) is 0 Å². The van der Waals surface area contributed by atoms with E-state index in [4.69, 9.17) is 4.74 Å². The molecule has 0 radical (unpaired) electrons. The molecule has 2 N–H and O–H groups in total. The van der Waals surface area contributed by atoms with Gasteiger partial charge >= 0.3 is 0 Å². The third kappa shape index (κ3) is 4.18. The number of fused-ring (bicyclic) bond motifs is 3. The van der Waals surface area contributed by atoms with E-state index in [1.165, 1.54) is 19.3 Å². The molecule has 0 unspecified atom stereocenters. The summed E-state index contributed by atoms with van der Waals surface area (Å²) in [5.74, 6) is 2.63. The average Bonchev–Trinajstić information content (AvgIpc) is 2.68. The van der Waals surface area contributed by atoms with E-state index in [1.54, 1.807) is 6.07 Å². The van der Waals surface area contributed by atoms with Crippen molar-refractivity contribution in [2.24, 2.45) is 17.8 Å². The van der Waals surface area contributed by atoms with Gasteiger partial charge in [-0.25, -0.2) is 0 Å². The quantitative estimate of drug-likeness (QED) is 0.759. The minimum Gasteiger partial charge on any atom is -0.507 e. The van der Waals surface area contributed by atoms with Crippen molar-refractivity contribution in [2.75, 3.05) is 26.7 Å². The average molecular weight is 415 g/mol. The molecule has 2 fully saturated rings. The fourth-order valence-corrected chi connectivity index (χ4v) is 5.95. The summed E-state index contributed by atoms with van der Waals surface area (Å²) in [6, 6.07) is 3.61. The third-order valence-electron chi connectivity index (χ3n) is 7.85. The summed E-state index contributed by atoms with van der Waals surface area (Å²) in [4.78, 5) is 15.2. The molecule has 1 aromatic carbocycles. The lowest BCUT2D eigenvalue weighted by Gasteiger charge is -2.48. The fourth-order valence-electron chi connectivity index (χ4n) is 5.95. The Balaban J connectivity index is 1.48. The zero-order valence-electron chi connectivity index (χ0n) is 19.0. The van der Waals surface area contributed by atoms with Crippen molar-refractivity contribution in [3.63, 3.8) is 0 Å². The van der Waals surface area contributed by atoms with E-state index in [9.17, 15) is 9.90 Å². The summed E-state index contributed by atoms with van der Waals surface area (Å²) in [5.41, 5.74) is 0.994. The Kier molecular flexibility index (Phi) is 6.02. The van der Waals surface area contributed by atoms with Crippen molar-refractivity contribution in [3.8, 4) is 11.5 Å². The molecule has 5 heteroatoms. The highest BCUT2D eigenvalue weighted by Gasteiger charge is 2.47. The first-order valence-electron chi connectivity index (χ1n) is 11.8. The number of nitrogens with one attached hydrogen (secondary N) is 1. The Morgan fingerprint density at radius 2 is 1.97 bits per heavy atom. The van der Waals surface area contributed by atoms with Crippen molar-refractivity contribution >= 4 is 5.91 Å². The van der Waals surface area contributed by atoms with Gasteiger partial charge in [-0.3, -0.25) is 4.79 Å². The molecule has 3 atom stereocenters. The van der Waals surface area contributed by atoms with Gasteiger partial charge in [0.1, 0.15) is 17.1 Å². The van der Waals surface area contributed by atoms with E-state index in [-0.39, 0.29) is 23.2 Å². The number of nitrogens with zero attached hydrogens (tertiary/aromatic N) is 1. The van der Waals surface area contributed by atoms with E-state index < -0.39 is 0 Å². The van der Waals surface area contributed by atoms with E-state index in [1.807, 2.05) is 6.07 Å². The largest absolute Gasteiger partial charge is 0.507 e. The number of likely N-dealkylation sites (tertiary alicyclic amines) is 1. The van der Waals surface area contributed by atoms with Crippen molar-refractivity contribution in [2.45, 2.75) is 70.8 Å². The normalized spacial score (nSPS) is 28.9. The van der Waals surface area contributed by atoms with Crippen LogP contribution < -0.4 is 10.1 Å². The van der Waals surface area contributed by atoms with Gasteiger partial charge in [-0.15, -0.1) is 0 Å². The number of carbonyl (C=O) groups is 1. The van der Waals surface area contributed by atoms with Crippen molar-refractivity contribution < 1.29 is 14.6 Å². The smallest absolute Gasteiger partial charge is 0.255 e. The standard InChI is InChI=1S/C25H38N2O3/c1-16-5-7-20-19(15-16)22-21(30-25(20,2)3)8-6-18(23(22)28)24(29)26-12-9-17-10-13-27(4)14-11-17/h6,8,16-17,19-20,28H,5,7,9-15H2,1-4H3,(H,26,29)/t16-,19-,20-/m1/s1. The van der Waals surface area contributed by atoms with Gasteiger partial charge < -0.3 is 20.1 Å². The molecule has 30 heavy (non-hydrogen) atoms. The van der Waals surface area contributed by atoms with Crippen LogP contribution in [0, 0.1) is 17.8 Å². The van der Waals surface area contributed by atoms with Crippen LogP contribution in [0.4, 0.5) is 0 Å². The topological polar surface area (TPSA) is 61.8 Å². The molecule has 0 bridgehead atoms. The van der Waals surface area contributed by atoms with Gasteiger partial charge in [-0.05, 0) is 96.0 Å². The molecular weight excluding hydrogens is 376 g/mol. The van der Waals surface area contributed by atoms with Crippen LogP contribution in [0.15, 0.2) is 12.1 Å². The molecule has 1 aromatic rings. The monoisotopic (exact) mass is 414 g/mol. The number of phenolic OH excluding ortho intramolecular Hbond substituents is 1. The summed E-state index contributed by atoms with van der Waals surface area (Å²) in [6.07, 6.45) is 6.74. The molecule has 166 valence electrons. The van der Waals surface area contributed by atoms with E-state index in [0.717, 1.165) is 43.7 Å². The number of aromatic hydroxyl groups is 1. The number of benzene rings is 1. The van der Waals surface area contributed by atoms with Crippen molar-refractivity contribution in [1.29, 1.82) is 0 Å². The highest BCUT2D eigenvalue weighted by Crippen LogP contribution is 2.55. The molecule has 2 aliphatic heterocycles. The molecule has 2 heterocycles. The van der Waals surface area contributed by atoms with Crippen LogP contribution in [0.5, 0.6) is 11.5 Å². The molecule has 5 nitrogen and oxygen atoms in total. The molecule has 3 aliphatic rings. The highest BCUT2D eigenvalue weighted by atomic mass is 16.5. The van der Waals surface area contributed by atoms with E-state index in [2.05, 4.69) is 38.0 Å². The highest BCUT2D eigenvalue weighted by molar-refractivity contribution is 5.97. The SMILES string of the molecule is C[C@@H]1CC[C@@H]2[C@@H](C1)c1c(ccc(C(=O)NCCC3CCN(C)CC3)c1O)OC2(C)C. The number of carbonyl (C=O) groups excluding carboxylic acids is 1. The van der Waals surface area contributed by atoms with Gasteiger partial charge in [0.25, 0.3) is 5.91 Å². The number of piperidine rings is 1. The number of hydrogen-bond acceptors (Lipinski definition) is 4. The number of amides is 1. The predicted molar refractivity (Wildman–Crippen MR) is 119 cm³/mol. The number of hydrogen-bond donors (Lipinski definition) is 2. The Morgan fingerprint density at radius 1 is 1.23 bits per heavy atom. The maximum Gasteiger partial charge on any atom is 0.255 e. The molecule has 1 aliphatic carbocycles. The zero-order chi connectivity index (χ0) is 21.5. The van der Waals surface area contributed by atoms with Crippen LogP contribution in [0.3, 0.4) is 0 Å². The van der Waals surface area contributed by atoms with Crippen LogP contribution in [-0.2, 0) is 0 Å². The van der Waals surface area contributed by atoms with Crippen LogP contribution in [0.25, 0.3) is 0 Å². The predicted octanol–water partition coefficient (Wildman–Crippen LogP) is 4.54. The lowest BCUT2D eigenvalue weighted by molar-refractivity contribution is -0.0145. The summed E-state index contributed by atoms with van der Waals surface area (Å²) in [5, 5.41) is 14.2. The fraction of sp³-hybridized carbons (Fsp3) is 0.720. The molecule has 0 spiro atoms. The molecule has 1 amide bonds. The van der Waals surface area contributed by atoms with Crippen molar-refractivity contribution in [1.82, 2.24) is 10.2 Å². The van der Waals surface area contributed by atoms with E-state index in [0.29, 0.717) is 29.9 Å². The number of rotatable bonds is 4. The second-order valence-electron chi connectivity index (χ2n) is 10.5. The Morgan fingerprint density at radius 3 is 2.70 bits per heavy atom. The van der Waals surface area contributed by atoms with Crippen LogP contribution in [0.1, 0.15) is 81.1 Å². The first-order valence-corrected chi connectivity index (χ1v) is 11.8. The third-order valence-corrected chi connectivity index (χ3v) is 7.85. The first kappa shape index (κ1) is 21.5. The van der Waals surface area contributed by atoms with Gasteiger partial charge in [0, 0.05) is 18.0 Å². The first-order chi connectivity index (χ1) is 14.3. The summed E-state index contributed by atoms with van der Waals surface area (Å²) < 4.78 is 6.31. The lowest BCUT2D eigenvalue weighted by atomic mass is 9.64. The maximum absolute atomic E-state index is 12.9. The van der Waals surface area contributed by atoms with Crippen LogP contribution >= 0.6 is 0 Å². The minimum atomic E-state index is -0.248. The summed E-state index contributed by atoms with van der Waals surface area (Å²) >= 11 is 0. The summed E-state index contributed by atoms with van der Waals surface area (Å²) in [6.45, 7) is 9.54. The summed E-state index contributed by atoms with van der Waals surface area (Å²) in [7, 11) is 2.17. The zero-order valence-corrected chi connectivity index (χ0v) is 19.0. The van der Waals surface area contributed by atoms with Gasteiger partial charge in [-0.1, -0.05) is 13.3 Å². The molecule has 0 aromatic heterocycles.